The van der Waals surface area contributed by atoms with Crippen LogP contribution in [-0.2, 0) is 16.4 Å². The van der Waals surface area contributed by atoms with Crippen LogP contribution >= 0.6 is 0 Å². The summed E-state index contributed by atoms with van der Waals surface area (Å²) in [6, 6.07) is 13.8. The van der Waals surface area contributed by atoms with Gasteiger partial charge in [-0.15, -0.1) is 0 Å². The highest BCUT2D eigenvalue weighted by molar-refractivity contribution is 7.89. The number of ether oxygens (including phenoxy) is 2. The van der Waals surface area contributed by atoms with Crippen LogP contribution in [0.5, 0.6) is 11.5 Å². The predicted molar refractivity (Wildman–Crippen MR) is 110 cm³/mol. The zero-order valence-electron chi connectivity index (χ0n) is 16.7. The molecular weight excluding hydrogens is 392 g/mol. The van der Waals surface area contributed by atoms with Crippen LogP contribution in [0.15, 0.2) is 53.4 Å². The van der Waals surface area contributed by atoms with Crippen molar-refractivity contribution in [3.05, 3.63) is 54.1 Å². The van der Waals surface area contributed by atoms with Gasteiger partial charge in [-0.05, 0) is 30.2 Å². The van der Waals surface area contributed by atoms with Gasteiger partial charge in [0, 0.05) is 25.5 Å². The number of sulfonamides is 1. The Balaban J connectivity index is 2.04. The largest absolute Gasteiger partial charge is 0.454 e. The monoisotopic (exact) mass is 420 g/mol. The highest BCUT2D eigenvalue weighted by Crippen LogP contribution is 2.37. The lowest BCUT2D eigenvalue weighted by Gasteiger charge is -2.40. The number of benzene rings is 2. The molecule has 3 N–H and O–H groups in total. The Morgan fingerprint density at radius 3 is 2.48 bits per heavy atom. The number of hydrogen-bond donors (Lipinski definition) is 2. The molecule has 8 heteroatoms. The zero-order chi connectivity index (χ0) is 21.1. The minimum absolute atomic E-state index is 0.00106. The molecule has 1 aliphatic heterocycles. The molecule has 0 fully saturated rings. The molecule has 7 nitrogen and oxygen atoms in total. The lowest BCUT2D eigenvalue weighted by atomic mass is 9.98. The maximum atomic E-state index is 13.6. The first-order valence-electron chi connectivity index (χ1n) is 9.65. The van der Waals surface area contributed by atoms with Crippen molar-refractivity contribution in [1.29, 1.82) is 0 Å². The quantitative estimate of drug-likeness (QED) is 0.604. The van der Waals surface area contributed by atoms with E-state index >= 15 is 0 Å². The van der Waals surface area contributed by atoms with E-state index in [-0.39, 0.29) is 43.5 Å². The molecule has 1 unspecified atom stereocenters. The lowest BCUT2D eigenvalue weighted by molar-refractivity contribution is -0.0691. The van der Waals surface area contributed by atoms with Crippen molar-refractivity contribution in [3.8, 4) is 11.5 Å². The summed E-state index contributed by atoms with van der Waals surface area (Å²) in [5, 5.41) is 11.6. The first kappa shape index (κ1) is 21.6. The van der Waals surface area contributed by atoms with Crippen molar-refractivity contribution in [2.24, 2.45) is 11.7 Å². The molecule has 1 atom stereocenters. The van der Waals surface area contributed by atoms with Gasteiger partial charge in [0.2, 0.25) is 16.8 Å². The first-order chi connectivity index (χ1) is 13.8. The summed E-state index contributed by atoms with van der Waals surface area (Å²) < 4.78 is 39.0. The maximum absolute atomic E-state index is 13.6. The van der Waals surface area contributed by atoms with E-state index in [1.165, 1.54) is 16.4 Å². The third kappa shape index (κ3) is 4.72. The Morgan fingerprint density at radius 1 is 1.14 bits per heavy atom. The fourth-order valence-corrected chi connectivity index (χ4v) is 5.29. The third-order valence-electron chi connectivity index (χ3n) is 4.80. The topological polar surface area (TPSA) is 102 Å². The van der Waals surface area contributed by atoms with Crippen molar-refractivity contribution in [2.75, 3.05) is 19.9 Å². The number of nitrogens with two attached hydrogens (primary N) is 1. The van der Waals surface area contributed by atoms with Crippen LogP contribution in [0.2, 0.25) is 0 Å². The Hall–Kier alpha value is -2.13. The van der Waals surface area contributed by atoms with E-state index in [0.717, 1.165) is 5.56 Å². The van der Waals surface area contributed by atoms with Crippen LogP contribution in [-0.4, -0.2) is 43.4 Å². The van der Waals surface area contributed by atoms with E-state index in [0.29, 0.717) is 11.5 Å². The average molecular weight is 421 g/mol. The smallest absolute Gasteiger partial charge is 0.245 e. The van der Waals surface area contributed by atoms with E-state index in [1.807, 2.05) is 44.2 Å². The zero-order valence-corrected chi connectivity index (χ0v) is 17.6. The van der Waals surface area contributed by atoms with Gasteiger partial charge in [0.15, 0.2) is 11.5 Å². The number of rotatable bonds is 9. The Kier molecular flexibility index (Phi) is 6.48. The molecule has 3 rings (SSSR count). The molecule has 158 valence electrons. The second-order valence-corrected chi connectivity index (χ2v) is 9.49. The van der Waals surface area contributed by atoms with Crippen LogP contribution in [0.4, 0.5) is 0 Å². The molecule has 1 aliphatic rings. The SMILES string of the molecule is CC(C)CN(C(O)(CCN)Cc1ccccc1)S(=O)(=O)c1ccc2c(c1)OCO2. The van der Waals surface area contributed by atoms with Crippen molar-refractivity contribution >= 4 is 10.0 Å². The van der Waals surface area contributed by atoms with Gasteiger partial charge in [-0.2, -0.15) is 4.31 Å². The Labute approximate surface area is 172 Å². The van der Waals surface area contributed by atoms with Gasteiger partial charge >= 0.3 is 0 Å². The van der Waals surface area contributed by atoms with Gasteiger partial charge < -0.3 is 20.3 Å². The third-order valence-corrected chi connectivity index (χ3v) is 6.72. The minimum atomic E-state index is -4.03. The van der Waals surface area contributed by atoms with Crippen molar-refractivity contribution < 1.29 is 23.0 Å². The number of nitrogens with zero attached hydrogens (tertiary/aromatic N) is 1. The summed E-state index contributed by atoms with van der Waals surface area (Å²) in [7, 11) is -4.03. The molecule has 0 saturated heterocycles. The summed E-state index contributed by atoms with van der Waals surface area (Å²) in [6.45, 7) is 4.18. The van der Waals surface area contributed by atoms with Crippen LogP contribution in [0, 0.1) is 5.92 Å². The molecule has 1 heterocycles. The van der Waals surface area contributed by atoms with Gasteiger partial charge in [-0.3, -0.25) is 0 Å². The minimum Gasteiger partial charge on any atom is -0.454 e. The summed E-state index contributed by atoms with van der Waals surface area (Å²) in [5.74, 6) is 0.876. The summed E-state index contributed by atoms with van der Waals surface area (Å²) in [4.78, 5) is 0.0471. The summed E-state index contributed by atoms with van der Waals surface area (Å²) >= 11 is 0. The average Bonchev–Trinajstić information content (AvgIpc) is 3.14. The molecule has 0 spiro atoms. The van der Waals surface area contributed by atoms with Gasteiger partial charge in [-0.1, -0.05) is 44.2 Å². The second kappa shape index (κ2) is 8.71. The second-order valence-electron chi connectivity index (χ2n) is 7.63. The molecular formula is C21H28N2O5S. The standard InChI is InChI=1S/C21H28N2O5S/c1-16(2)14-23(21(24,10-11-22)13-17-6-4-3-5-7-17)29(25,26)18-8-9-19-20(12-18)28-15-27-19/h3-9,12,16,24H,10-11,13-15,22H2,1-2H3. The van der Waals surface area contributed by atoms with Crippen molar-refractivity contribution in [2.45, 2.75) is 37.3 Å². The highest BCUT2D eigenvalue weighted by atomic mass is 32.2. The molecule has 2 aromatic carbocycles. The molecule has 0 aromatic heterocycles. The fourth-order valence-electron chi connectivity index (χ4n) is 3.44. The molecule has 0 bridgehead atoms. The molecule has 29 heavy (non-hydrogen) atoms. The van der Waals surface area contributed by atoms with Crippen LogP contribution in [0.3, 0.4) is 0 Å². The van der Waals surface area contributed by atoms with Gasteiger partial charge in [0.25, 0.3) is 0 Å². The fraction of sp³-hybridized carbons (Fsp3) is 0.429. The Bertz CT molecular complexity index is 933. The normalized spacial score (nSPS) is 15.7. The van der Waals surface area contributed by atoms with Gasteiger partial charge in [0.05, 0.1) is 4.90 Å². The number of aliphatic hydroxyl groups is 1. The molecule has 0 radical (unpaired) electrons. The van der Waals surface area contributed by atoms with E-state index in [9.17, 15) is 13.5 Å². The van der Waals surface area contributed by atoms with Crippen LogP contribution in [0.25, 0.3) is 0 Å². The maximum Gasteiger partial charge on any atom is 0.245 e. The van der Waals surface area contributed by atoms with E-state index in [2.05, 4.69) is 0 Å². The van der Waals surface area contributed by atoms with Gasteiger partial charge in [-0.25, -0.2) is 8.42 Å². The molecule has 0 aliphatic carbocycles. The van der Waals surface area contributed by atoms with E-state index < -0.39 is 15.7 Å². The summed E-state index contributed by atoms with van der Waals surface area (Å²) in [5.41, 5.74) is 4.95. The first-order valence-corrected chi connectivity index (χ1v) is 11.1. The number of hydrogen-bond acceptors (Lipinski definition) is 6. The van der Waals surface area contributed by atoms with Crippen molar-refractivity contribution in [1.82, 2.24) is 4.31 Å². The van der Waals surface area contributed by atoms with Crippen LogP contribution < -0.4 is 15.2 Å². The van der Waals surface area contributed by atoms with Gasteiger partial charge in [0.1, 0.15) is 5.72 Å². The molecule has 0 saturated carbocycles. The molecule has 0 amide bonds. The van der Waals surface area contributed by atoms with E-state index in [4.69, 9.17) is 15.2 Å². The molecule has 2 aromatic rings. The van der Waals surface area contributed by atoms with Crippen LogP contribution in [0.1, 0.15) is 25.8 Å². The van der Waals surface area contributed by atoms with Crippen molar-refractivity contribution in [3.63, 3.8) is 0 Å². The highest BCUT2D eigenvalue weighted by Gasteiger charge is 2.43. The lowest BCUT2D eigenvalue weighted by Crippen LogP contribution is -2.55. The predicted octanol–water partition coefficient (Wildman–Crippen LogP) is 2.34. The van der Waals surface area contributed by atoms with E-state index in [1.54, 1.807) is 6.07 Å². The Morgan fingerprint density at radius 2 is 1.83 bits per heavy atom. The number of fused-ring (bicyclic) bond motifs is 1. The summed E-state index contributed by atoms with van der Waals surface area (Å²) in [6.07, 6.45) is 0.250.